The fourth-order valence-corrected chi connectivity index (χ4v) is 3.74. The molecule has 0 radical (unpaired) electrons. The quantitative estimate of drug-likeness (QED) is 0.792. The Morgan fingerprint density at radius 2 is 2.04 bits per heavy atom. The number of aromatic nitrogens is 1. The van der Waals surface area contributed by atoms with Crippen LogP contribution in [0.5, 0.6) is 5.75 Å². The molecule has 9 heteroatoms. The van der Waals surface area contributed by atoms with Crippen molar-refractivity contribution in [1.29, 1.82) is 0 Å². The molecule has 1 aromatic heterocycles. The Morgan fingerprint density at radius 1 is 1.32 bits per heavy atom. The molecule has 0 unspecified atom stereocenters. The van der Waals surface area contributed by atoms with Gasteiger partial charge in [-0.1, -0.05) is 17.7 Å². The van der Waals surface area contributed by atoms with E-state index in [0.29, 0.717) is 36.0 Å². The van der Waals surface area contributed by atoms with Crippen LogP contribution < -0.4 is 4.74 Å². The van der Waals surface area contributed by atoms with E-state index in [2.05, 4.69) is 4.98 Å². The van der Waals surface area contributed by atoms with E-state index in [1.807, 2.05) is 6.08 Å². The van der Waals surface area contributed by atoms with Crippen LogP contribution in [0.4, 0.5) is 4.79 Å². The highest BCUT2D eigenvalue weighted by molar-refractivity contribution is 7.90. The van der Waals surface area contributed by atoms with Crippen LogP contribution in [0.1, 0.15) is 17.7 Å². The maximum absolute atomic E-state index is 11.5. The zero-order valence-corrected chi connectivity index (χ0v) is 16.7. The van der Waals surface area contributed by atoms with E-state index in [9.17, 15) is 13.2 Å². The number of ether oxygens (including phenoxy) is 1. The predicted molar refractivity (Wildman–Crippen MR) is 105 cm³/mol. The second-order valence-electron chi connectivity index (χ2n) is 6.40. The first kappa shape index (κ1) is 20.2. The van der Waals surface area contributed by atoms with Gasteiger partial charge in [0.25, 0.3) is 0 Å². The van der Waals surface area contributed by atoms with Gasteiger partial charge in [0.05, 0.1) is 15.6 Å². The number of amides is 1. The molecule has 1 aromatic carbocycles. The van der Waals surface area contributed by atoms with Gasteiger partial charge < -0.3 is 14.7 Å². The van der Waals surface area contributed by atoms with Crippen molar-refractivity contribution in [2.75, 3.05) is 19.3 Å². The van der Waals surface area contributed by atoms with Gasteiger partial charge in [-0.15, -0.1) is 0 Å². The van der Waals surface area contributed by atoms with E-state index < -0.39 is 15.9 Å². The summed E-state index contributed by atoms with van der Waals surface area (Å²) in [6, 6.07) is 7.88. The molecule has 148 valence electrons. The molecule has 3 rings (SSSR count). The number of carboxylic acid groups (broad SMARTS) is 1. The van der Waals surface area contributed by atoms with Crippen LogP contribution in [0.15, 0.2) is 47.5 Å². The minimum absolute atomic E-state index is 0.185. The number of rotatable bonds is 5. The fourth-order valence-electron chi connectivity index (χ4n) is 2.81. The lowest BCUT2D eigenvalue weighted by molar-refractivity contribution is 0.150. The first-order valence-corrected chi connectivity index (χ1v) is 10.8. The van der Waals surface area contributed by atoms with Gasteiger partial charge in [-0.2, -0.15) is 0 Å². The summed E-state index contributed by atoms with van der Waals surface area (Å²) in [6.45, 7) is 0.936. The average molecular weight is 423 g/mol. The number of carbonyl (C=O) groups is 1. The monoisotopic (exact) mass is 422 g/mol. The number of sulfone groups is 1. The molecule has 0 aliphatic carbocycles. The second kappa shape index (κ2) is 8.20. The highest BCUT2D eigenvalue weighted by Crippen LogP contribution is 2.29. The SMILES string of the molecule is CS(=O)(=O)c1ccc(OCc2cc(Cl)c(C3=CCN(C(=O)O)CC3)cn2)cc1. The van der Waals surface area contributed by atoms with Crippen LogP contribution in [0, 0.1) is 0 Å². The van der Waals surface area contributed by atoms with Crippen molar-refractivity contribution < 1.29 is 23.1 Å². The Hall–Kier alpha value is -2.58. The zero-order valence-electron chi connectivity index (χ0n) is 15.1. The van der Waals surface area contributed by atoms with Crippen molar-refractivity contribution in [3.8, 4) is 5.75 Å². The number of pyridine rings is 1. The van der Waals surface area contributed by atoms with Crippen molar-refractivity contribution >= 4 is 33.1 Å². The third-order valence-electron chi connectivity index (χ3n) is 4.37. The maximum atomic E-state index is 11.5. The van der Waals surface area contributed by atoms with Crippen molar-refractivity contribution in [3.63, 3.8) is 0 Å². The Balaban J connectivity index is 1.65. The van der Waals surface area contributed by atoms with Crippen molar-refractivity contribution in [3.05, 3.63) is 58.9 Å². The zero-order chi connectivity index (χ0) is 20.3. The Kier molecular flexibility index (Phi) is 5.90. The molecule has 1 amide bonds. The largest absolute Gasteiger partial charge is 0.487 e. The summed E-state index contributed by atoms with van der Waals surface area (Å²) < 4.78 is 28.6. The Bertz CT molecular complexity index is 1020. The van der Waals surface area contributed by atoms with Gasteiger partial charge in [0.15, 0.2) is 9.84 Å². The van der Waals surface area contributed by atoms with Gasteiger partial charge in [-0.3, -0.25) is 4.98 Å². The normalized spacial score (nSPS) is 14.5. The lowest BCUT2D eigenvalue weighted by Gasteiger charge is -2.24. The maximum Gasteiger partial charge on any atom is 0.407 e. The first-order chi connectivity index (χ1) is 13.2. The third-order valence-corrected chi connectivity index (χ3v) is 5.82. The lowest BCUT2D eigenvalue weighted by atomic mass is 10.0. The van der Waals surface area contributed by atoms with Gasteiger partial charge in [0.2, 0.25) is 0 Å². The van der Waals surface area contributed by atoms with Crippen molar-refractivity contribution in [1.82, 2.24) is 9.88 Å². The van der Waals surface area contributed by atoms with E-state index in [1.165, 1.54) is 17.0 Å². The molecule has 1 aliphatic rings. The summed E-state index contributed by atoms with van der Waals surface area (Å²) >= 11 is 6.38. The van der Waals surface area contributed by atoms with E-state index in [4.69, 9.17) is 21.4 Å². The van der Waals surface area contributed by atoms with Gasteiger partial charge >= 0.3 is 6.09 Å². The van der Waals surface area contributed by atoms with Crippen molar-refractivity contribution in [2.24, 2.45) is 0 Å². The Morgan fingerprint density at radius 3 is 2.57 bits per heavy atom. The molecule has 2 aromatic rings. The molecule has 0 bridgehead atoms. The molecule has 0 spiro atoms. The highest BCUT2D eigenvalue weighted by atomic mass is 35.5. The van der Waals surface area contributed by atoms with Crippen molar-refractivity contribution in [2.45, 2.75) is 17.9 Å². The smallest absolute Gasteiger partial charge is 0.407 e. The Labute approximate surface area is 168 Å². The van der Waals surface area contributed by atoms with Crippen LogP contribution in [0.3, 0.4) is 0 Å². The number of benzene rings is 1. The minimum Gasteiger partial charge on any atom is -0.487 e. The molecule has 7 nitrogen and oxygen atoms in total. The molecule has 28 heavy (non-hydrogen) atoms. The second-order valence-corrected chi connectivity index (χ2v) is 8.82. The summed E-state index contributed by atoms with van der Waals surface area (Å²) in [4.78, 5) is 16.9. The number of hydrogen-bond acceptors (Lipinski definition) is 5. The van der Waals surface area contributed by atoms with Gasteiger partial charge in [0, 0.05) is 31.1 Å². The summed E-state index contributed by atoms with van der Waals surface area (Å²) in [5, 5.41) is 9.53. The number of halogens is 1. The minimum atomic E-state index is -3.24. The van der Waals surface area contributed by atoms with Gasteiger partial charge in [-0.05, 0) is 42.3 Å². The molecule has 0 atom stereocenters. The fraction of sp³-hybridized carbons (Fsp3) is 0.263. The van der Waals surface area contributed by atoms with E-state index in [-0.39, 0.29) is 11.5 Å². The van der Waals surface area contributed by atoms with Crippen LogP contribution in [-0.4, -0.2) is 48.8 Å². The molecule has 0 saturated heterocycles. The molecule has 0 fully saturated rings. The standard InChI is InChI=1S/C19H19ClN2O5S/c1-28(25,26)16-4-2-15(3-5-16)27-12-14-10-18(20)17(11-21-14)13-6-8-22(9-7-13)19(23)24/h2-6,10-11H,7-9,12H2,1H3,(H,23,24). The van der Waals surface area contributed by atoms with Crippen LogP contribution >= 0.6 is 11.6 Å². The van der Waals surface area contributed by atoms with Gasteiger partial charge in [-0.25, -0.2) is 13.2 Å². The van der Waals surface area contributed by atoms with E-state index in [0.717, 1.165) is 17.4 Å². The number of nitrogens with zero attached hydrogens (tertiary/aromatic N) is 2. The topological polar surface area (TPSA) is 96.8 Å². The molecule has 2 heterocycles. The molecule has 1 N–H and O–H groups in total. The lowest BCUT2D eigenvalue weighted by Crippen LogP contribution is -2.33. The van der Waals surface area contributed by atoms with Gasteiger partial charge in [0.1, 0.15) is 12.4 Å². The van der Waals surface area contributed by atoms with Crippen LogP contribution in [-0.2, 0) is 16.4 Å². The summed E-state index contributed by atoms with van der Waals surface area (Å²) in [7, 11) is -3.24. The first-order valence-electron chi connectivity index (χ1n) is 8.48. The number of hydrogen-bond donors (Lipinski definition) is 1. The van der Waals surface area contributed by atoms with E-state index in [1.54, 1.807) is 24.4 Å². The van der Waals surface area contributed by atoms with E-state index >= 15 is 0 Å². The molecule has 0 saturated carbocycles. The summed E-state index contributed by atoms with van der Waals surface area (Å²) in [5.41, 5.74) is 2.39. The molecular formula is C19H19ClN2O5S. The molecular weight excluding hydrogens is 404 g/mol. The summed E-state index contributed by atoms with van der Waals surface area (Å²) in [5.74, 6) is 0.526. The predicted octanol–water partition coefficient (Wildman–Crippen LogP) is 3.48. The van der Waals surface area contributed by atoms with Crippen LogP contribution in [0.2, 0.25) is 5.02 Å². The van der Waals surface area contributed by atoms with Crippen LogP contribution in [0.25, 0.3) is 5.57 Å². The summed E-state index contributed by atoms with van der Waals surface area (Å²) in [6.07, 6.45) is 4.31. The average Bonchev–Trinajstić information content (AvgIpc) is 2.66. The molecule has 1 aliphatic heterocycles. The third kappa shape index (κ3) is 4.82. The highest BCUT2D eigenvalue weighted by Gasteiger charge is 2.18.